The van der Waals surface area contributed by atoms with Crippen LogP contribution < -0.4 is 9.47 Å². The number of benzene rings is 2. The number of ether oxygens (including phenoxy) is 2. The summed E-state index contributed by atoms with van der Waals surface area (Å²) in [5.41, 5.74) is 2.13. The summed E-state index contributed by atoms with van der Waals surface area (Å²) >= 11 is 6.21. The number of hydrogen-bond acceptors (Lipinski definition) is 4. The topological polar surface area (TPSA) is 44.5 Å². The monoisotopic (exact) mass is 289 g/mol. The summed E-state index contributed by atoms with van der Waals surface area (Å²) in [5.74, 6) is 1.22. The molecule has 1 heterocycles. The van der Waals surface area contributed by atoms with Crippen molar-refractivity contribution in [3.05, 3.63) is 41.4 Å². The second-order valence-corrected chi connectivity index (χ2v) is 4.62. The quantitative estimate of drug-likeness (QED) is 0.726. The van der Waals surface area contributed by atoms with Crippen molar-refractivity contribution in [1.29, 1.82) is 0 Å². The third kappa shape index (κ3) is 1.98. The number of methoxy groups -OCH3 is 2. The van der Waals surface area contributed by atoms with Gasteiger partial charge in [-0.2, -0.15) is 0 Å². The Balaban J connectivity index is 2.26. The van der Waals surface area contributed by atoms with Crippen molar-refractivity contribution in [1.82, 2.24) is 5.16 Å². The van der Waals surface area contributed by atoms with E-state index in [0.717, 1.165) is 10.9 Å². The van der Waals surface area contributed by atoms with Crippen molar-refractivity contribution in [3.8, 4) is 22.8 Å². The average molecular weight is 290 g/mol. The van der Waals surface area contributed by atoms with E-state index in [9.17, 15) is 0 Å². The first-order chi connectivity index (χ1) is 9.74. The van der Waals surface area contributed by atoms with Gasteiger partial charge < -0.3 is 14.0 Å². The van der Waals surface area contributed by atoms with Crippen LogP contribution in [0.1, 0.15) is 0 Å². The molecule has 0 aliphatic rings. The van der Waals surface area contributed by atoms with Crippen LogP contribution >= 0.6 is 11.6 Å². The minimum Gasteiger partial charge on any atom is -0.493 e. The van der Waals surface area contributed by atoms with Crippen molar-refractivity contribution in [2.45, 2.75) is 0 Å². The fraction of sp³-hybridized carbons (Fsp3) is 0.133. The van der Waals surface area contributed by atoms with E-state index in [0.29, 0.717) is 27.8 Å². The van der Waals surface area contributed by atoms with Gasteiger partial charge in [-0.15, -0.1) is 0 Å². The summed E-state index contributed by atoms with van der Waals surface area (Å²) in [6.07, 6.45) is 0. The molecule has 20 heavy (non-hydrogen) atoms. The van der Waals surface area contributed by atoms with Crippen LogP contribution in [0.4, 0.5) is 0 Å². The zero-order chi connectivity index (χ0) is 14.1. The Morgan fingerprint density at radius 3 is 2.45 bits per heavy atom. The molecule has 0 aliphatic carbocycles. The number of rotatable bonds is 3. The molecule has 3 rings (SSSR count). The molecule has 0 amide bonds. The minimum absolute atomic E-state index is 0.599. The van der Waals surface area contributed by atoms with E-state index in [-0.39, 0.29) is 0 Å². The second kappa shape index (κ2) is 5.06. The van der Waals surface area contributed by atoms with Gasteiger partial charge in [-0.05, 0) is 12.1 Å². The van der Waals surface area contributed by atoms with Gasteiger partial charge in [0.05, 0.1) is 24.6 Å². The molecule has 0 saturated heterocycles. The van der Waals surface area contributed by atoms with Crippen molar-refractivity contribution < 1.29 is 14.0 Å². The lowest BCUT2D eigenvalue weighted by Gasteiger charge is -2.06. The summed E-state index contributed by atoms with van der Waals surface area (Å²) in [5, 5.41) is 5.56. The molecular weight excluding hydrogens is 278 g/mol. The molecule has 3 aromatic rings. The maximum atomic E-state index is 6.21. The summed E-state index contributed by atoms with van der Waals surface area (Å²) in [6, 6.07) is 11.1. The predicted molar refractivity (Wildman–Crippen MR) is 77.6 cm³/mol. The zero-order valence-electron chi connectivity index (χ0n) is 11.0. The highest BCUT2D eigenvalue weighted by molar-refractivity contribution is 6.33. The highest BCUT2D eigenvalue weighted by Crippen LogP contribution is 2.38. The highest BCUT2D eigenvalue weighted by Gasteiger charge is 2.16. The summed E-state index contributed by atoms with van der Waals surface area (Å²) < 4.78 is 15.9. The van der Waals surface area contributed by atoms with Crippen LogP contribution in [0.3, 0.4) is 0 Å². The van der Waals surface area contributed by atoms with Gasteiger partial charge >= 0.3 is 0 Å². The van der Waals surface area contributed by atoms with E-state index >= 15 is 0 Å². The molecule has 0 unspecified atom stereocenters. The van der Waals surface area contributed by atoms with E-state index in [2.05, 4.69) is 5.16 Å². The van der Waals surface area contributed by atoms with Crippen LogP contribution in [0.2, 0.25) is 5.02 Å². The molecule has 0 fully saturated rings. The van der Waals surface area contributed by atoms with Gasteiger partial charge in [0.1, 0.15) is 5.69 Å². The third-order valence-electron chi connectivity index (χ3n) is 3.11. The SMILES string of the molecule is COc1cc2onc(-c3ccccc3Cl)c2cc1OC. The van der Waals surface area contributed by atoms with Crippen molar-refractivity contribution >= 4 is 22.6 Å². The molecule has 1 aromatic heterocycles. The maximum absolute atomic E-state index is 6.21. The predicted octanol–water partition coefficient (Wildman–Crippen LogP) is 4.17. The van der Waals surface area contributed by atoms with Gasteiger partial charge in [-0.3, -0.25) is 0 Å². The first-order valence-corrected chi connectivity index (χ1v) is 6.38. The van der Waals surface area contributed by atoms with Gasteiger partial charge in [0.2, 0.25) is 0 Å². The van der Waals surface area contributed by atoms with E-state index in [4.69, 9.17) is 25.6 Å². The van der Waals surface area contributed by atoms with E-state index < -0.39 is 0 Å². The van der Waals surface area contributed by atoms with E-state index in [1.807, 2.05) is 30.3 Å². The normalized spacial score (nSPS) is 10.8. The first-order valence-electron chi connectivity index (χ1n) is 6.01. The van der Waals surface area contributed by atoms with Crippen molar-refractivity contribution in [3.63, 3.8) is 0 Å². The lowest BCUT2D eigenvalue weighted by molar-refractivity contribution is 0.354. The molecule has 0 saturated carbocycles. The lowest BCUT2D eigenvalue weighted by atomic mass is 10.1. The first kappa shape index (κ1) is 12.8. The molecule has 0 bridgehead atoms. The Morgan fingerprint density at radius 1 is 1.05 bits per heavy atom. The van der Waals surface area contributed by atoms with Crippen LogP contribution in [0, 0.1) is 0 Å². The van der Waals surface area contributed by atoms with Crippen LogP contribution in [-0.2, 0) is 0 Å². The zero-order valence-corrected chi connectivity index (χ0v) is 11.8. The second-order valence-electron chi connectivity index (χ2n) is 4.21. The molecule has 5 heteroatoms. The van der Waals surface area contributed by atoms with E-state index in [1.165, 1.54) is 0 Å². The number of fused-ring (bicyclic) bond motifs is 1. The molecule has 0 N–H and O–H groups in total. The maximum Gasteiger partial charge on any atom is 0.171 e. The Labute approximate surface area is 120 Å². The molecule has 0 spiro atoms. The van der Waals surface area contributed by atoms with Crippen LogP contribution in [0.5, 0.6) is 11.5 Å². The standard InChI is InChI=1S/C15H12ClNO3/c1-18-13-7-10-12(8-14(13)19-2)20-17-15(10)9-5-3-4-6-11(9)16/h3-8H,1-2H3. The number of aromatic nitrogens is 1. The Morgan fingerprint density at radius 2 is 1.75 bits per heavy atom. The van der Waals surface area contributed by atoms with Crippen LogP contribution in [0.25, 0.3) is 22.2 Å². The molecule has 4 nitrogen and oxygen atoms in total. The van der Waals surface area contributed by atoms with Gasteiger partial charge in [-0.25, -0.2) is 0 Å². The molecule has 2 aromatic carbocycles. The molecule has 0 radical (unpaired) electrons. The minimum atomic E-state index is 0.599. The third-order valence-corrected chi connectivity index (χ3v) is 3.43. The molecular formula is C15H12ClNO3. The van der Waals surface area contributed by atoms with Crippen molar-refractivity contribution in [2.75, 3.05) is 14.2 Å². The number of hydrogen-bond donors (Lipinski definition) is 0. The summed E-state index contributed by atoms with van der Waals surface area (Å²) in [6.45, 7) is 0. The van der Waals surface area contributed by atoms with Crippen LogP contribution in [0.15, 0.2) is 40.9 Å². The average Bonchev–Trinajstić information content (AvgIpc) is 2.89. The lowest BCUT2D eigenvalue weighted by Crippen LogP contribution is -1.90. The van der Waals surface area contributed by atoms with Gasteiger partial charge in [0.15, 0.2) is 17.1 Å². The van der Waals surface area contributed by atoms with E-state index in [1.54, 1.807) is 20.3 Å². The fourth-order valence-corrected chi connectivity index (χ4v) is 2.34. The molecule has 0 aliphatic heterocycles. The van der Waals surface area contributed by atoms with Gasteiger partial charge in [0.25, 0.3) is 0 Å². The number of nitrogens with zero attached hydrogens (tertiary/aromatic N) is 1. The smallest absolute Gasteiger partial charge is 0.171 e. The summed E-state index contributed by atoms with van der Waals surface area (Å²) in [7, 11) is 3.17. The van der Waals surface area contributed by atoms with Gasteiger partial charge in [-0.1, -0.05) is 35.0 Å². The molecule has 102 valence electrons. The largest absolute Gasteiger partial charge is 0.493 e. The fourth-order valence-electron chi connectivity index (χ4n) is 2.11. The Hall–Kier alpha value is -2.20. The van der Waals surface area contributed by atoms with Gasteiger partial charge in [0, 0.05) is 11.6 Å². The Bertz CT molecular complexity index is 767. The highest BCUT2D eigenvalue weighted by atomic mass is 35.5. The Kier molecular flexibility index (Phi) is 3.24. The molecule has 0 atom stereocenters. The van der Waals surface area contributed by atoms with Crippen LogP contribution in [-0.4, -0.2) is 19.4 Å². The summed E-state index contributed by atoms with van der Waals surface area (Å²) in [4.78, 5) is 0. The van der Waals surface area contributed by atoms with Crippen molar-refractivity contribution in [2.24, 2.45) is 0 Å². The number of halogens is 1.